The minimum absolute atomic E-state index is 0.218. The lowest BCUT2D eigenvalue weighted by molar-refractivity contribution is 0.100. The molecule has 0 aliphatic carbocycles. The Bertz CT molecular complexity index is 1180. The number of hydrogen-bond donors (Lipinski definition) is 0. The Balaban J connectivity index is 1.97. The molecule has 124 valence electrons. The fourth-order valence-corrected chi connectivity index (χ4v) is 5.20. The van der Waals surface area contributed by atoms with E-state index in [9.17, 15) is 4.79 Å². The Morgan fingerprint density at radius 2 is 2.00 bits per heavy atom. The highest BCUT2D eigenvalue weighted by Crippen LogP contribution is 2.28. The van der Waals surface area contributed by atoms with Crippen molar-refractivity contribution in [2.24, 2.45) is 4.99 Å². The van der Waals surface area contributed by atoms with Crippen molar-refractivity contribution in [3.8, 4) is 0 Å². The van der Waals surface area contributed by atoms with E-state index in [0.29, 0.717) is 16.2 Å². The summed E-state index contributed by atoms with van der Waals surface area (Å²) in [4.78, 5) is 18.2. The number of carbonyl (C=O) groups is 1. The largest absolute Gasteiger partial charge is 0.312 e. The number of thiazole rings is 1. The summed E-state index contributed by atoms with van der Waals surface area (Å²) < 4.78 is 4.10. The van der Waals surface area contributed by atoms with Gasteiger partial charge in [0.1, 0.15) is 0 Å². The van der Waals surface area contributed by atoms with Gasteiger partial charge in [-0.25, -0.2) is 0 Å². The molecule has 0 saturated carbocycles. The van der Waals surface area contributed by atoms with Crippen LogP contribution in [0.5, 0.6) is 0 Å². The molecule has 2 heterocycles. The average molecular weight is 429 g/mol. The standard InChI is InChI=1S/C19H13BrN2OS2/c1-2-11-22-14-8-7-12-5-3-4-6-13(12)17(14)25-19(22)21-18(23)15-9-10-16(20)24-15/h2-10H,1,11H2. The molecule has 0 saturated heterocycles. The van der Waals surface area contributed by atoms with Crippen LogP contribution >= 0.6 is 38.6 Å². The Morgan fingerprint density at radius 3 is 2.76 bits per heavy atom. The van der Waals surface area contributed by atoms with Gasteiger partial charge in [0.15, 0.2) is 4.80 Å². The van der Waals surface area contributed by atoms with Crippen molar-refractivity contribution < 1.29 is 4.79 Å². The number of allylic oxidation sites excluding steroid dienone is 1. The molecule has 4 aromatic rings. The van der Waals surface area contributed by atoms with Crippen molar-refractivity contribution >= 4 is 65.5 Å². The molecule has 2 aromatic carbocycles. The molecular weight excluding hydrogens is 416 g/mol. The normalized spacial score (nSPS) is 12.1. The molecule has 3 nitrogen and oxygen atoms in total. The summed E-state index contributed by atoms with van der Waals surface area (Å²) in [6.07, 6.45) is 1.83. The summed E-state index contributed by atoms with van der Waals surface area (Å²) in [6.45, 7) is 4.45. The van der Waals surface area contributed by atoms with E-state index in [-0.39, 0.29) is 5.91 Å². The van der Waals surface area contributed by atoms with Gasteiger partial charge in [-0.15, -0.1) is 17.9 Å². The molecule has 0 spiro atoms. The first-order valence-corrected chi connectivity index (χ1v) is 10.1. The summed E-state index contributed by atoms with van der Waals surface area (Å²) in [5.41, 5.74) is 1.07. The molecule has 0 fully saturated rings. The van der Waals surface area contributed by atoms with E-state index in [2.05, 4.69) is 51.8 Å². The highest BCUT2D eigenvalue weighted by molar-refractivity contribution is 9.11. The molecule has 0 bridgehead atoms. The van der Waals surface area contributed by atoms with E-state index >= 15 is 0 Å². The smallest absolute Gasteiger partial charge is 0.289 e. The third-order valence-electron chi connectivity index (χ3n) is 3.87. The molecule has 6 heteroatoms. The van der Waals surface area contributed by atoms with Gasteiger partial charge in [-0.1, -0.05) is 47.7 Å². The molecule has 0 N–H and O–H groups in total. The van der Waals surface area contributed by atoms with Gasteiger partial charge in [0, 0.05) is 11.9 Å². The molecule has 1 amide bonds. The summed E-state index contributed by atoms with van der Waals surface area (Å²) in [5, 5.41) is 2.36. The van der Waals surface area contributed by atoms with Crippen LogP contribution in [-0.2, 0) is 6.54 Å². The van der Waals surface area contributed by atoms with Gasteiger partial charge in [-0.05, 0) is 39.5 Å². The SMILES string of the molecule is C=CCn1c(=NC(=O)c2ccc(Br)s2)sc2c3ccccc3ccc21. The number of thiophene rings is 1. The fraction of sp³-hybridized carbons (Fsp3) is 0.0526. The Labute approximate surface area is 160 Å². The van der Waals surface area contributed by atoms with Crippen LogP contribution in [0.4, 0.5) is 0 Å². The Morgan fingerprint density at radius 1 is 1.16 bits per heavy atom. The van der Waals surface area contributed by atoms with Crippen molar-refractivity contribution in [3.63, 3.8) is 0 Å². The summed E-state index contributed by atoms with van der Waals surface area (Å²) in [6, 6.07) is 16.1. The zero-order valence-corrected chi connectivity index (χ0v) is 16.3. The zero-order chi connectivity index (χ0) is 17.4. The second-order valence-corrected chi connectivity index (χ2v) is 8.88. The first-order chi connectivity index (χ1) is 12.2. The number of nitrogens with zero attached hydrogens (tertiary/aromatic N) is 2. The van der Waals surface area contributed by atoms with Crippen LogP contribution in [0.25, 0.3) is 21.0 Å². The van der Waals surface area contributed by atoms with Crippen molar-refractivity contribution in [2.45, 2.75) is 6.54 Å². The maximum Gasteiger partial charge on any atom is 0.289 e. The number of halogens is 1. The van der Waals surface area contributed by atoms with Crippen molar-refractivity contribution in [1.82, 2.24) is 4.57 Å². The van der Waals surface area contributed by atoms with Crippen LogP contribution in [0.2, 0.25) is 0 Å². The second kappa shape index (κ2) is 6.71. The predicted molar refractivity (Wildman–Crippen MR) is 109 cm³/mol. The lowest BCUT2D eigenvalue weighted by Gasteiger charge is -2.02. The van der Waals surface area contributed by atoms with Crippen molar-refractivity contribution in [3.05, 3.63) is 74.7 Å². The van der Waals surface area contributed by atoms with E-state index in [1.807, 2.05) is 28.8 Å². The summed E-state index contributed by atoms with van der Waals surface area (Å²) >= 11 is 6.33. The average Bonchev–Trinajstić information content (AvgIpc) is 3.20. The Kier molecular flexibility index (Phi) is 4.41. The maximum absolute atomic E-state index is 12.5. The van der Waals surface area contributed by atoms with Gasteiger partial charge < -0.3 is 4.57 Å². The highest BCUT2D eigenvalue weighted by atomic mass is 79.9. The minimum Gasteiger partial charge on any atom is -0.312 e. The van der Waals surface area contributed by atoms with Crippen LogP contribution in [0.1, 0.15) is 9.67 Å². The van der Waals surface area contributed by atoms with Crippen LogP contribution < -0.4 is 4.80 Å². The quantitative estimate of drug-likeness (QED) is 0.390. The predicted octanol–water partition coefficient (Wildman–Crippen LogP) is 5.61. The van der Waals surface area contributed by atoms with Gasteiger partial charge in [0.25, 0.3) is 5.91 Å². The number of amides is 1. The number of rotatable bonds is 3. The van der Waals surface area contributed by atoms with E-state index in [1.54, 1.807) is 17.4 Å². The topological polar surface area (TPSA) is 34.4 Å². The van der Waals surface area contributed by atoms with Crippen LogP contribution in [0, 0.1) is 0 Å². The monoisotopic (exact) mass is 428 g/mol. The number of fused-ring (bicyclic) bond motifs is 3. The van der Waals surface area contributed by atoms with Crippen molar-refractivity contribution in [2.75, 3.05) is 0 Å². The molecular formula is C19H13BrN2OS2. The number of benzene rings is 2. The number of carbonyl (C=O) groups excluding carboxylic acids is 1. The van der Waals surface area contributed by atoms with Gasteiger partial charge in [0.05, 0.1) is 18.9 Å². The number of hydrogen-bond acceptors (Lipinski definition) is 3. The first kappa shape index (κ1) is 16.4. The summed E-state index contributed by atoms with van der Waals surface area (Å²) in [5.74, 6) is -0.218. The molecule has 0 radical (unpaired) electrons. The number of aromatic nitrogens is 1. The molecule has 2 aromatic heterocycles. The van der Waals surface area contributed by atoms with E-state index in [0.717, 1.165) is 14.0 Å². The van der Waals surface area contributed by atoms with Crippen LogP contribution in [0.3, 0.4) is 0 Å². The third kappa shape index (κ3) is 3.01. The second-order valence-electron chi connectivity index (χ2n) is 5.44. The minimum atomic E-state index is -0.218. The molecule has 4 rings (SSSR count). The summed E-state index contributed by atoms with van der Waals surface area (Å²) in [7, 11) is 0. The first-order valence-electron chi connectivity index (χ1n) is 7.64. The van der Waals surface area contributed by atoms with E-state index in [4.69, 9.17) is 0 Å². The molecule has 0 aliphatic heterocycles. The van der Waals surface area contributed by atoms with Gasteiger partial charge in [-0.3, -0.25) is 4.79 Å². The lowest BCUT2D eigenvalue weighted by Crippen LogP contribution is -2.15. The lowest BCUT2D eigenvalue weighted by atomic mass is 10.1. The third-order valence-corrected chi connectivity index (χ3v) is 6.61. The Hall–Kier alpha value is -2.02. The van der Waals surface area contributed by atoms with Crippen LogP contribution in [-0.4, -0.2) is 10.5 Å². The van der Waals surface area contributed by atoms with E-state index < -0.39 is 0 Å². The molecule has 0 aliphatic rings. The van der Waals surface area contributed by atoms with Gasteiger partial charge in [-0.2, -0.15) is 4.99 Å². The van der Waals surface area contributed by atoms with Crippen molar-refractivity contribution in [1.29, 1.82) is 0 Å². The maximum atomic E-state index is 12.5. The molecule has 25 heavy (non-hydrogen) atoms. The van der Waals surface area contributed by atoms with E-state index in [1.165, 1.54) is 22.1 Å². The van der Waals surface area contributed by atoms with Gasteiger partial charge >= 0.3 is 0 Å². The fourth-order valence-electron chi connectivity index (χ4n) is 2.76. The highest BCUT2D eigenvalue weighted by Gasteiger charge is 2.12. The molecule has 0 unspecified atom stereocenters. The van der Waals surface area contributed by atoms with Crippen LogP contribution in [0.15, 0.2) is 70.0 Å². The zero-order valence-electron chi connectivity index (χ0n) is 13.1. The van der Waals surface area contributed by atoms with Gasteiger partial charge in [0.2, 0.25) is 0 Å². The molecule has 0 atom stereocenters.